The quantitative estimate of drug-likeness (QED) is 0.749. The zero-order chi connectivity index (χ0) is 16.4. The van der Waals surface area contributed by atoms with Gasteiger partial charge >= 0.3 is 0 Å². The summed E-state index contributed by atoms with van der Waals surface area (Å²) >= 11 is 0. The molecule has 8 heteroatoms. The maximum atomic E-state index is 12.4. The molecule has 1 aromatic carbocycles. The lowest BCUT2D eigenvalue weighted by Crippen LogP contribution is -2.14. The first-order valence-corrected chi connectivity index (χ1v) is 6.67. The van der Waals surface area contributed by atoms with Crippen molar-refractivity contribution in [3.63, 3.8) is 0 Å². The molecular weight excluding hydrogens is 298 g/mol. The molecule has 116 valence electrons. The van der Waals surface area contributed by atoms with E-state index in [-0.39, 0.29) is 11.5 Å². The van der Waals surface area contributed by atoms with Gasteiger partial charge in [0.1, 0.15) is 11.3 Å². The summed E-state index contributed by atoms with van der Waals surface area (Å²) in [5.74, 6) is -0.629. The van der Waals surface area contributed by atoms with Crippen molar-refractivity contribution in [2.75, 3.05) is 12.4 Å². The molecule has 0 aliphatic heterocycles. The van der Waals surface area contributed by atoms with Gasteiger partial charge in [0.05, 0.1) is 19.0 Å². The van der Waals surface area contributed by atoms with Gasteiger partial charge in [-0.15, -0.1) is 0 Å². The average Bonchev–Trinajstić information content (AvgIpc) is 2.99. The predicted octanol–water partition coefficient (Wildman–Crippen LogP) is 1.09. The van der Waals surface area contributed by atoms with Crippen LogP contribution in [0.15, 0.2) is 42.9 Å². The Labute approximate surface area is 130 Å². The number of fused-ring (bicyclic) bond motifs is 1. The number of hydrogen-bond acceptors (Lipinski definition) is 5. The minimum Gasteiger partial charge on any atom is -0.495 e. The predicted molar refractivity (Wildman–Crippen MR) is 82.5 cm³/mol. The van der Waals surface area contributed by atoms with Gasteiger partial charge in [-0.3, -0.25) is 9.59 Å². The second-order valence-corrected chi connectivity index (χ2v) is 4.68. The lowest BCUT2D eigenvalue weighted by Gasteiger charge is -2.10. The molecule has 0 saturated carbocycles. The lowest BCUT2D eigenvalue weighted by molar-refractivity contribution is 0.0998. The van der Waals surface area contributed by atoms with Crippen LogP contribution < -0.4 is 15.8 Å². The minimum atomic E-state index is -0.576. The van der Waals surface area contributed by atoms with Gasteiger partial charge in [0.15, 0.2) is 5.65 Å². The van der Waals surface area contributed by atoms with E-state index >= 15 is 0 Å². The summed E-state index contributed by atoms with van der Waals surface area (Å²) in [5.41, 5.74) is 6.70. The van der Waals surface area contributed by atoms with Gasteiger partial charge in [-0.25, -0.2) is 9.50 Å². The molecule has 0 aliphatic carbocycles. The van der Waals surface area contributed by atoms with E-state index in [1.807, 2.05) is 0 Å². The molecule has 2 heterocycles. The van der Waals surface area contributed by atoms with Gasteiger partial charge in [-0.2, -0.15) is 5.10 Å². The van der Waals surface area contributed by atoms with Gasteiger partial charge in [0.2, 0.25) is 5.91 Å². The van der Waals surface area contributed by atoms with E-state index in [9.17, 15) is 9.59 Å². The molecule has 0 atom stereocenters. The Bertz CT molecular complexity index is 903. The summed E-state index contributed by atoms with van der Waals surface area (Å²) in [5, 5.41) is 6.77. The van der Waals surface area contributed by atoms with E-state index < -0.39 is 5.91 Å². The second kappa shape index (κ2) is 5.76. The standard InChI is InChI=1S/C15H13N5O3/c1-23-12-7-9(13(16)21)3-4-11(12)19-15(22)10-8-18-20-6-2-5-17-14(10)20/h2-8H,1H3,(H2,16,21)(H,19,22). The third-order valence-electron chi connectivity index (χ3n) is 3.26. The number of nitrogens with one attached hydrogen (secondary N) is 1. The normalized spacial score (nSPS) is 10.5. The van der Waals surface area contributed by atoms with E-state index in [0.717, 1.165) is 0 Å². The van der Waals surface area contributed by atoms with E-state index in [1.54, 1.807) is 24.5 Å². The monoisotopic (exact) mass is 311 g/mol. The van der Waals surface area contributed by atoms with Crippen LogP contribution in [-0.2, 0) is 0 Å². The first kappa shape index (κ1) is 14.5. The van der Waals surface area contributed by atoms with E-state index in [0.29, 0.717) is 22.6 Å². The Morgan fingerprint density at radius 3 is 2.91 bits per heavy atom. The van der Waals surface area contributed by atoms with Crippen molar-refractivity contribution < 1.29 is 14.3 Å². The fourth-order valence-electron chi connectivity index (χ4n) is 2.12. The number of hydrogen-bond donors (Lipinski definition) is 2. The summed E-state index contributed by atoms with van der Waals surface area (Å²) in [6.45, 7) is 0. The molecule has 2 amide bonds. The number of rotatable bonds is 4. The maximum absolute atomic E-state index is 12.4. The van der Waals surface area contributed by atoms with Crippen LogP contribution in [0.2, 0.25) is 0 Å². The van der Waals surface area contributed by atoms with Crippen molar-refractivity contribution in [1.82, 2.24) is 14.6 Å². The Kier molecular flexibility index (Phi) is 3.63. The number of amides is 2. The van der Waals surface area contributed by atoms with Crippen LogP contribution >= 0.6 is 0 Å². The Balaban J connectivity index is 1.92. The number of anilines is 1. The zero-order valence-electron chi connectivity index (χ0n) is 12.2. The van der Waals surface area contributed by atoms with Gasteiger partial charge in [-0.05, 0) is 24.3 Å². The van der Waals surface area contributed by atoms with Crippen molar-refractivity contribution in [3.8, 4) is 5.75 Å². The van der Waals surface area contributed by atoms with Crippen LogP contribution in [0, 0.1) is 0 Å². The highest BCUT2D eigenvalue weighted by molar-refractivity contribution is 6.09. The maximum Gasteiger partial charge on any atom is 0.261 e. The fraction of sp³-hybridized carbons (Fsp3) is 0.0667. The van der Waals surface area contributed by atoms with Gasteiger partial charge in [-0.1, -0.05) is 0 Å². The van der Waals surface area contributed by atoms with Gasteiger partial charge < -0.3 is 15.8 Å². The molecule has 0 fully saturated rings. The van der Waals surface area contributed by atoms with E-state index in [2.05, 4.69) is 15.4 Å². The Morgan fingerprint density at radius 2 is 2.17 bits per heavy atom. The minimum absolute atomic E-state index is 0.289. The fourth-order valence-corrected chi connectivity index (χ4v) is 2.12. The third kappa shape index (κ3) is 2.69. The number of primary amides is 1. The van der Waals surface area contributed by atoms with Gasteiger partial charge in [0, 0.05) is 18.0 Å². The van der Waals surface area contributed by atoms with Crippen LogP contribution in [0.3, 0.4) is 0 Å². The summed E-state index contributed by atoms with van der Waals surface area (Å²) in [7, 11) is 1.44. The third-order valence-corrected chi connectivity index (χ3v) is 3.26. The highest BCUT2D eigenvalue weighted by Gasteiger charge is 2.16. The summed E-state index contributed by atoms with van der Waals surface area (Å²) in [6.07, 6.45) is 4.71. The molecule has 3 N–H and O–H groups in total. The van der Waals surface area contributed by atoms with Crippen molar-refractivity contribution in [1.29, 1.82) is 0 Å². The molecule has 2 aromatic heterocycles. The number of nitrogens with zero attached hydrogens (tertiary/aromatic N) is 3. The molecule has 0 spiro atoms. The Morgan fingerprint density at radius 1 is 1.35 bits per heavy atom. The Hall–Kier alpha value is -3.42. The summed E-state index contributed by atoms with van der Waals surface area (Å²) < 4.78 is 6.69. The number of carbonyl (C=O) groups excluding carboxylic acids is 2. The lowest BCUT2D eigenvalue weighted by atomic mass is 10.1. The zero-order valence-corrected chi connectivity index (χ0v) is 12.2. The number of nitrogens with two attached hydrogens (primary N) is 1. The highest BCUT2D eigenvalue weighted by atomic mass is 16.5. The van der Waals surface area contributed by atoms with Crippen LogP contribution in [0.4, 0.5) is 5.69 Å². The first-order chi connectivity index (χ1) is 11.1. The van der Waals surface area contributed by atoms with Crippen LogP contribution in [0.25, 0.3) is 5.65 Å². The molecule has 23 heavy (non-hydrogen) atoms. The summed E-state index contributed by atoms with van der Waals surface area (Å²) in [6, 6.07) is 6.24. The SMILES string of the molecule is COc1cc(C(N)=O)ccc1NC(=O)c1cnn2cccnc12. The van der Waals surface area contributed by atoms with Crippen molar-refractivity contribution in [2.45, 2.75) is 0 Å². The largest absolute Gasteiger partial charge is 0.495 e. The van der Waals surface area contributed by atoms with E-state index in [4.69, 9.17) is 10.5 Å². The molecular formula is C15H13N5O3. The molecule has 8 nitrogen and oxygen atoms in total. The van der Waals surface area contributed by atoms with Crippen LogP contribution in [0.1, 0.15) is 20.7 Å². The molecule has 0 radical (unpaired) electrons. The number of ether oxygens (including phenoxy) is 1. The molecule has 0 saturated heterocycles. The molecule has 3 rings (SSSR count). The van der Waals surface area contributed by atoms with Crippen LogP contribution in [0.5, 0.6) is 5.75 Å². The second-order valence-electron chi connectivity index (χ2n) is 4.68. The number of methoxy groups -OCH3 is 1. The number of carbonyl (C=O) groups is 2. The molecule has 0 bridgehead atoms. The molecule has 0 aliphatic rings. The average molecular weight is 311 g/mol. The van der Waals surface area contributed by atoms with Gasteiger partial charge in [0.25, 0.3) is 5.91 Å². The highest BCUT2D eigenvalue weighted by Crippen LogP contribution is 2.26. The number of aromatic nitrogens is 3. The van der Waals surface area contributed by atoms with Crippen LogP contribution in [-0.4, -0.2) is 33.5 Å². The molecule has 3 aromatic rings. The first-order valence-electron chi connectivity index (χ1n) is 6.67. The summed E-state index contributed by atoms with van der Waals surface area (Å²) in [4.78, 5) is 27.8. The van der Waals surface area contributed by atoms with Crippen molar-refractivity contribution in [3.05, 3.63) is 54.0 Å². The molecule has 0 unspecified atom stereocenters. The topological polar surface area (TPSA) is 112 Å². The van der Waals surface area contributed by atoms with Crippen molar-refractivity contribution in [2.24, 2.45) is 5.73 Å². The van der Waals surface area contributed by atoms with E-state index in [1.165, 1.54) is 30.0 Å². The smallest absolute Gasteiger partial charge is 0.261 e. The number of benzene rings is 1. The van der Waals surface area contributed by atoms with Crippen molar-refractivity contribution >= 4 is 23.1 Å².